The molecule has 1 aromatic rings. The first-order chi connectivity index (χ1) is 10.6. The Balaban J connectivity index is 1.74. The van der Waals surface area contributed by atoms with Crippen LogP contribution in [0.25, 0.3) is 0 Å². The van der Waals surface area contributed by atoms with E-state index >= 15 is 0 Å². The lowest BCUT2D eigenvalue weighted by Crippen LogP contribution is -2.43. The third kappa shape index (κ3) is 3.46. The molecule has 1 aromatic carbocycles. The molecule has 2 aliphatic rings. The van der Waals surface area contributed by atoms with Crippen molar-refractivity contribution < 1.29 is 13.5 Å². The predicted molar refractivity (Wildman–Crippen MR) is 88.5 cm³/mol. The summed E-state index contributed by atoms with van der Waals surface area (Å²) in [6, 6.07) is 7.50. The standard InChI is InChI=1S/C17H25NO3S/c19-16-12-15-8-4-5-9-17(15)18(13-16)22(20,21)11-10-14-6-2-1-3-7-14/h4-5,8-9,14,16,19H,1-3,6-7,10-13H2. The Morgan fingerprint density at radius 1 is 1.14 bits per heavy atom. The van der Waals surface area contributed by atoms with Crippen LogP contribution < -0.4 is 4.31 Å². The van der Waals surface area contributed by atoms with E-state index in [-0.39, 0.29) is 12.3 Å². The largest absolute Gasteiger partial charge is 0.391 e. The number of para-hydroxylation sites is 1. The number of sulfonamides is 1. The van der Waals surface area contributed by atoms with Crippen LogP contribution in [-0.2, 0) is 16.4 Å². The van der Waals surface area contributed by atoms with E-state index in [1.807, 2.05) is 24.3 Å². The van der Waals surface area contributed by atoms with Crippen LogP contribution in [0.2, 0.25) is 0 Å². The second-order valence-electron chi connectivity index (χ2n) is 6.63. The van der Waals surface area contributed by atoms with Crippen molar-refractivity contribution in [2.24, 2.45) is 5.92 Å². The summed E-state index contributed by atoms with van der Waals surface area (Å²) in [4.78, 5) is 0. The first-order valence-corrected chi connectivity index (χ1v) is 9.93. The summed E-state index contributed by atoms with van der Waals surface area (Å²) in [6.07, 6.45) is 6.74. The second kappa shape index (κ2) is 6.59. The van der Waals surface area contributed by atoms with Gasteiger partial charge in [0.15, 0.2) is 0 Å². The van der Waals surface area contributed by atoms with Crippen LogP contribution in [-0.4, -0.2) is 31.9 Å². The molecule has 0 aromatic heterocycles. The molecule has 122 valence electrons. The Kier molecular flexibility index (Phi) is 4.73. The molecule has 1 fully saturated rings. The molecule has 1 heterocycles. The number of nitrogens with zero attached hydrogens (tertiary/aromatic N) is 1. The van der Waals surface area contributed by atoms with Crippen LogP contribution in [0.5, 0.6) is 0 Å². The van der Waals surface area contributed by atoms with Crippen molar-refractivity contribution >= 4 is 15.7 Å². The van der Waals surface area contributed by atoms with Gasteiger partial charge in [-0.2, -0.15) is 0 Å². The fourth-order valence-electron chi connectivity index (χ4n) is 3.70. The summed E-state index contributed by atoms with van der Waals surface area (Å²) < 4.78 is 26.9. The molecule has 3 rings (SSSR count). The zero-order valence-electron chi connectivity index (χ0n) is 12.9. The molecule has 5 heteroatoms. The van der Waals surface area contributed by atoms with E-state index < -0.39 is 16.1 Å². The minimum atomic E-state index is -3.36. The molecule has 0 amide bonds. The molecule has 0 bridgehead atoms. The van der Waals surface area contributed by atoms with Gasteiger partial charge in [-0.15, -0.1) is 0 Å². The van der Waals surface area contributed by atoms with Gasteiger partial charge in [-0.05, 0) is 24.0 Å². The molecule has 1 aliphatic carbocycles. The molecule has 0 radical (unpaired) electrons. The van der Waals surface area contributed by atoms with Gasteiger partial charge in [-0.25, -0.2) is 8.42 Å². The fourth-order valence-corrected chi connectivity index (χ4v) is 5.43. The first-order valence-electron chi connectivity index (χ1n) is 8.32. The van der Waals surface area contributed by atoms with Gasteiger partial charge in [0.2, 0.25) is 10.0 Å². The molecule has 1 unspecified atom stereocenters. The molecular weight excluding hydrogens is 298 g/mol. The van der Waals surface area contributed by atoms with Gasteiger partial charge >= 0.3 is 0 Å². The van der Waals surface area contributed by atoms with E-state index in [0.29, 0.717) is 12.3 Å². The lowest BCUT2D eigenvalue weighted by molar-refractivity contribution is 0.180. The highest BCUT2D eigenvalue weighted by molar-refractivity contribution is 7.92. The fraction of sp³-hybridized carbons (Fsp3) is 0.647. The van der Waals surface area contributed by atoms with Crippen molar-refractivity contribution in [2.45, 2.75) is 51.0 Å². The molecule has 1 saturated carbocycles. The Morgan fingerprint density at radius 3 is 2.64 bits per heavy atom. The SMILES string of the molecule is O=S(=O)(CCC1CCCCC1)N1CC(O)Cc2ccccc21. The number of anilines is 1. The van der Waals surface area contributed by atoms with E-state index in [2.05, 4.69) is 0 Å². The highest BCUT2D eigenvalue weighted by Crippen LogP contribution is 2.31. The van der Waals surface area contributed by atoms with Crippen LogP contribution >= 0.6 is 0 Å². The van der Waals surface area contributed by atoms with Crippen molar-refractivity contribution in [1.82, 2.24) is 0 Å². The van der Waals surface area contributed by atoms with Crippen LogP contribution in [0.4, 0.5) is 5.69 Å². The number of hydrogen-bond donors (Lipinski definition) is 1. The number of β-amino-alcohol motifs (C(OH)–C–C–N with tert-alkyl or cyclic N) is 1. The molecule has 1 aliphatic heterocycles. The average molecular weight is 323 g/mol. The van der Waals surface area contributed by atoms with Crippen LogP contribution in [0, 0.1) is 5.92 Å². The van der Waals surface area contributed by atoms with Gasteiger partial charge in [0, 0.05) is 6.42 Å². The van der Waals surface area contributed by atoms with E-state index in [0.717, 1.165) is 30.5 Å². The van der Waals surface area contributed by atoms with Crippen molar-refractivity contribution in [3.63, 3.8) is 0 Å². The highest BCUT2D eigenvalue weighted by atomic mass is 32.2. The van der Waals surface area contributed by atoms with Gasteiger partial charge in [0.25, 0.3) is 0 Å². The van der Waals surface area contributed by atoms with Crippen molar-refractivity contribution in [3.05, 3.63) is 29.8 Å². The molecule has 0 spiro atoms. The van der Waals surface area contributed by atoms with E-state index in [4.69, 9.17) is 0 Å². The smallest absolute Gasteiger partial charge is 0.235 e. The Hall–Kier alpha value is -1.07. The zero-order valence-corrected chi connectivity index (χ0v) is 13.8. The predicted octanol–water partition coefficient (Wildman–Crippen LogP) is 2.71. The van der Waals surface area contributed by atoms with Gasteiger partial charge < -0.3 is 5.11 Å². The minimum absolute atomic E-state index is 0.185. The molecule has 0 saturated heterocycles. The molecule has 1 N–H and O–H groups in total. The van der Waals surface area contributed by atoms with Gasteiger partial charge in [0.1, 0.15) is 0 Å². The summed E-state index contributed by atoms with van der Waals surface area (Å²) >= 11 is 0. The zero-order chi connectivity index (χ0) is 15.6. The van der Waals surface area contributed by atoms with Crippen molar-refractivity contribution in [3.8, 4) is 0 Å². The summed E-state index contributed by atoms with van der Waals surface area (Å²) in [7, 11) is -3.36. The number of fused-ring (bicyclic) bond motifs is 1. The third-order valence-electron chi connectivity index (χ3n) is 4.94. The van der Waals surface area contributed by atoms with Gasteiger partial charge in [-0.1, -0.05) is 50.3 Å². The summed E-state index contributed by atoms with van der Waals surface area (Å²) in [5.74, 6) is 0.743. The molecule has 22 heavy (non-hydrogen) atoms. The molecule has 4 nitrogen and oxygen atoms in total. The maximum Gasteiger partial charge on any atom is 0.235 e. The number of benzene rings is 1. The number of aliphatic hydroxyl groups is 1. The Labute approximate surface area is 133 Å². The third-order valence-corrected chi connectivity index (χ3v) is 6.71. The van der Waals surface area contributed by atoms with Crippen LogP contribution in [0.1, 0.15) is 44.1 Å². The van der Waals surface area contributed by atoms with E-state index in [1.165, 1.54) is 23.6 Å². The maximum atomic E-state index is 12.8. The lowest BCUT2D eigenvalue weighted by atomic mass is 9.88. The summed E-state index contributed by atoms with van der Waals surface area (Å²) in [5, 5.41) is 10.0. The Morgan fingerprint density at radius 2 is 1.86 bits per heavy atom. The van der Waals surface area contributed by atoms with Crippen LogP contribution in [0.15, 0.2) is 24.3 Å². The molecule has 1 atom stereocenters. The van der Waals surface area contributed by atoms with Gasteiger partial charge in [0.05, 0.1) is 24.1 Å². The number of aliphatic hydroxyl groups excluding tert-OH is 1. The number of hydrogen-bond acceptors (Lipinski definition) is 3. The summed E-state index contributed by atoms with van der Waals surface area (Å²) in [6.45, 7) is 0.185. The van der Waals surface area contributed by atoms with E-state index in [1.54, 1.807) is 0 Å². The topological polar surface area (TPSA) is 57.6 Å². The quantitative estimate of drug-likeness (QED) is 0.927. The van der Waals surface area contributed by atoms with Crippen molar-refractivity contribution in [1.29, 1.82) is 0 Å². The minimum Gasteiger partial charge on any atom is -0.391 e. The normalized spacial score (nSPS) is 23.3. The average Bonchev–Trinajstić information content (AvgIpc) is 2.53. The lowest BCUT2D eigenvalue weighted by Gasteiger charge is -2.33. The second-order valence-corrected chi connectivity index (χ2v) is 8.64. The van der Waals surface area contributed by atoms with E-state index in [9.17, 15) is 13.5 Å². The van der Waals surface area contributed by atoms with Crippen LogP contribution in [0.3, 0.4) is 0 Å². The monoisotopic (exact) mass is 323 g/mol. The molecular formula is C17H25NO3S. The number of rotatable bonds is 4. The maximum absolute atomic E-state index is 12.8. The van der Waals surface area contributed by atoms with Crippen molar-refractivity contribution in [2.75, 3.05) is 16.6 Å². The Bertz CT molecular complexity index is 608. The first kappa shape index (κ1) is 15.8. The van der Waals surface area contributed by atoms with Gasteiger partial charge in [-0.3, -0.25) is 4.31 Å². The highest BCUT2D eigenvalue weighted by Gasteiger charge is 2.31. The summed E-state index contributed by atoms with van der Waals surface area (Å²) in [5.41, 5.74) is 1.67.